The standard InChI is InChI=1S/C30H51N3O8/c1-9-30(8,14-18-31-22(34)12-19-33-23(35)10-11-24(33)36)41-21-15-27(2,3)25(37)32-17-13-29(6,7)40-20-16-28(4,5)26(38)39/h10-11H,9,12-21H2,1-8H3,(H,31,34)(H,32,37)(H,38,39). The van der Waals surface area contributed by atoms with Crippen molar-refractivity contribution in [1.82, 2.24) is 15.5 Å². The maximum absolute atomic E-state index is 12.9. The number of aliphatic carboxylic acids is 1. The lowest BCUT2D eigenvalue weighted by atomic mass is 9.88. The Balaban J connectivity index is 2.36. The Bertz CT molecular complexity index is 955. The van der Waals surface area contributed by atoms with Gasteiger partial charge in [-0.05, 0) is 66.7 Å². The average Bonchev–Trinajstić information content (AvgIpc) is 3.18. The third-order valence-electron chi connectivity index (χ3n) is 7.79. The van der Waals surface area contributed by atoms with E-state index in [0.29, 0.717) is 52.0 Å². The molecule has 0 saturated carbocycles. The molecule has 0 aromatic carbocycles. The fourth-order valence-electron chi connectivity index (χ4n) is 3.91. The summed E-state index contributed by atoms with van der Waals surface area (Å²) in [5.41, 5.74) is -2.50. The highest BCUT2D eigenvalue weighted by atomic mass is 16.5. The van der Waals surface area contributed by atoms with E-state index >= 15 is 0 Å². The number of carbonyl (C=O) groups excluding carboxylic acids is 4. The molecule has 4 amide bonds. The lowest BCUT2D eigenvalue weighted by molar-refractivity contribution is -0.149. The second kappa shape index (κ2) is 15.4. The van der Waals surface area contributed by atoms with Gasteiger partial charge in [0.15, 0.2) is 0 Å². The number of carboxylic acids is 1. The number of carbonyl (C=O) groups is 5. The van der Waals surface area contributed by atoms with Gasteiger partial charge < -0.3 is 25.2 Å². The number of nitrogens with zero attached hydrogens (tertiary/aromatic N) is 1. The van der Waals surface area contributed by atoms with Crippen LogP contribution in [0.1, 0.15) is 93.9 Å². The van der Waals surface area contributed by atoms with Gasteiger partial charge in [0, 0.05) is 56.8 Å². The molecule has 0 fully saturated rings. The Labute approximate surface area is 244 Å². The second-order valence-electron chi connectivity index (χ2n) is 12.9. The molecular formula is C30H51N3O8. The van der Waals surface area contributed by atoms with Crippen molar-refractivity contribution in [2.75, 3.05) is 32.8 Å². The summed E-state index contributed by atoms with van der Waals surface area (Å²) in [7, 11) is 0. The molecule has 11 heteroatoms. The van der Waals surface area contributed by atoms with Crippen LogP contribution in [-0.2, 0) is 33.4 Å². The SMILES string of the molecule is CCC(C)(CCNC(=O)CCN1C(=O)C=CC1=O)OCCC(C)(C)C(=O)NCCC(C)(C)OCCC(C)(C)C(=O)O. The van der Waals surface area contributed by atoms with Crippen molar-refractivity contribution >= 4 is 29.6 Å². The summed E-state index contributed by atoms with van der Waals surface area (Å²) in [4.78, 5) is 60.5. The molecule has 0 spiro atoms. The number of imide groups is 1. The minimum Gasteiger partial charge on any atom is -0.481 e. The van der Waals surface area contributed by atoms with Gasteiger partial charge >= 0.3 is 5.97 Å². The molecule has 0 radical (unpaired) electrons. The van der Waals surface area contributed by atoms with Crippen LogP contribution < -0.4 is 10.6 Å². The summed E-state index contributed by atoms with van der Waals surface area (Å²) in [5, 5.41) is 15.0. The summed E-state index contributed by atoms with van der Waals surface area (Å²) in [6.45, 7) is 16.5. The van der Waals surface area contributed by atoms with E-state index in [-0.39, 0.29) is 24.8 Å². The molecule has 1 aliphatic rings. The molecule has 1 heterocycles. The molecule has 0 bridgehead atoms. The van der Waals surface area contributed by atoms with Crippen LogP contribution in [-0.4, -0.2) is 83.7 Å². The van der Waals surface area contributed by atoms with E-state index in [9.17, 15) is 29.1 Å². The monoisotopic (exact) mass is 581 g/mol. The van der Waals surface area contributed by atoms with E-state index in [1.807, 2.05) is 41.5 Å². The lowest BCUT2D eigenvalue weighted by Crippen LogP contribution is -2.41. The Morgan fingerprint density at radius 2 is 1.34 bits per heavy atom. The predicted octanol–water partition coefficient (Wildman–Crippen LogP) is 3.21. The summed E-state index contributed by atoms with van der Waals surface area (Å²) < 4.78 is 12.1. The van der Waals surface area contributed by atoms with Crippen molar-refractivity contribution in [3.63, 3.8) is 0 Å². The Morgan fingerprint density at radius 1 is 0.805 bits per heavy atom. The number of carboxylic acid groups (broad SMARTS) is 1. The first-order chi connectivity index (χ1) is 18.8. The maximum Gasteiger partial charge on any atom is 0.309 e. The number of rotatable bonds is 20. The molecule has 1 aliphatic heterocycles. The average molecular weight is 582 g/mol. The first-order valence-electron chi connectivity index (χ1n) is 14.4. The summed E-state index contributed by atoms with van der Waals surface area (Å²) in [6, 6.07) is 0. The molecule has 0 aromatic rings. The maximum atomic E-state index is 12.9. The highest BCUT2D eigenvalue weighted by Gasteiger charge is 2.31. The number of nitrogens with one attached hydrogen (secondary N) is 2. The van der Waals surface area contributed by atoms with Gasteiger partial charge in [-0.1, -0.05) is 20.8 Å². The van der Waals surface area contributed by atoms with Crippen molar-refractivity contribution in [3.8, 4) is 0 Å². The van der Waals surface area contributed by atoms with Crippen LogP contribution in [0.5, 0.6) is 0 Å². The van der Waals surface area contributed by atoms with Crippen molar-refractivity contribution in [3.05, 3.63) is 12.2 Å². The first-order valence-corrected chi connectivity index (χ1v) is 14.4. The molecule has 0 aromatic heterocycles. The van der Waals surface area contributed by atoms with Crippen molar-refractivity contribution < 1.29 is 38.6 Å². The first kappa shape index (κ1) is 36.2. The zero-order valence-corrected chi connectivity index (χ0v) is 26.2. The Hall–Kier alpha value is -2.79. The molecule has 11 nitrogen and oxygen atoms in total. The van der Waals surface area contributed by atoms with Gasteiger partial charge in [-0.3, -0.25) is 28.9 Å². The molecule has 0 saturated heterocycles. The topological polar surface area (TPSA) is 151 Å². The number of amides is 4. The fraction of sp³-hybridized carbons (Fsp3) is 0.767. The van der Waals surface area contributed by atoms with E-state index < -0.39 is 39.8 Å². The quantitative estimate of drug-likeness (QED) is 0.185. The smallest absolute Gasteiger partial charge is 0.309 e. The van der Waals surface area contributed by atoms with Crippen LogP contribution in [0.3, 0.4) is 0 Å². The highest BCUT2D eigenvalue weighted by Crippen LogP contribution is 2.26. The van der Waals surface area contributed by atoms with Crippen molar-refractivity contribution in [2.45, 2.75) is 105 Å². The Kier molecular flexibility index (Phi) is 13.6. The summed E-state index contributed by atoms with van der Waals surface area (Å²) in [5.74, 6) is -1.99. The zero-order valence-electron chi connectivity index (χ0n) is 26.2. The van der Waals surface area contributed by atoms with E-state index in [4.69, 9.17) is 9.47 Å². The van der Waals surface area contributed by atoms with Gasteiger partial charge in [0.1, 0.15) is 0 Å². The van der Waals surface area contributed by atoms with E-state index in [1.54, 1.807) is 13.8 Å². The molecule has 1 rings (SSSR count). The third-order valence-corrected chi connectivity index (χ3v) is 7.79. The Morgan fingerprint density at radius 3 is 1.90 bits per heavy atom. The van der Waals surface area contributed by atoms with Crippen molar-refractivity contribution in [1.29, 1.82) is 0 Å². The molecule has 41 heavy (non-hydrogen) atoms. The molecule has 234 valence electrons. The lowest BCUT2D eigenvalue weighted by Gasteiger charge is -2.32. The van der Waals surface area contributed by atoms with E-state index in [1.165, 1.54) is 12.2 Å². The van der Waals surface area contributed by atoms with Crippen LogP contribution in [0.2, 0.25) is 0 Å². The predicted molar refractivity (Wildman–Crippen MR) is 155 cm³/mol. The minimum absolute atomic E-state index is 0.0400. The largest absolute Gasteiger partial charge is 0.481 e. The van der Waals surface area contributed by atoms with Gasteiger partial charge in [0.25, 0.3) is 11.8 Å². The normalized spacial score (nSPS) is 15.7. The number of ether oxygens (including phenoxy) is 2. The second-order valence-corrected chi connectivity index (χ2v) is 12.9. The van der Waals surface area contributed by atoms with E-state index in [2.05, 4.69) is 10.6 Å². The molecular weight excluding hydrogens is 530 g/mol. The van der Waals surface area contributed by atoms with Crippen LogP contribution in [0.15, 0.2) is 12.2 Å². The van der Waals surface area contributed by atoms with Gasteiger partial charge in [-0.2, -0.15) is 0 Å². The summed E-state index contributed by atoms with van der Waals surface area (Å²) in [6.07, 6.45) is 5.22. The van der Waals surface area contributed by atoms with Gasteiger partial charge in [-0.25, -0.2) is 0 Å². The number of hydrogen-bond donors (Lipinski definition) is 3. The zero-order chi connectivity index (χ0) is 31.5. The van der Waals surface area contributed by atoms with Crippen LogP contribution in [0.25, 0.3) is 0 Å². The van der Waals surface area contributed by atoms with Gasteiger partial charge in [-0.15, -0.1) is 0 Å². The molecule has 0 aliphatic carbocycles. The van der Waals surface area contributed by atoms with Crippen LogP contribution in [0.4, 0.5) is 0 Å². The van der Waals surface area contributed by atoms with E-state index in [0.717, 1.165) is 11.3 Å². The molecule has 1 atom stereocenters. The number of hydrogen-bond acceptors (Lipinski definition) is 7. The van der Waals surface area contributed by atoms with Gasteiger partial charge in [0.05, 0.1) is 16.6 Å². The molecule has 1 unspecified atom stereocenters. The van der Waals surface area contributed by atoms with Crippen molar-refractivity contribution in [2.24, 2.45) is 10.8 Å². The van der Waals surface area contributed by atoms with Crippen LogP contribution >= 0.6 is 0 Å². The summed E-state index contributed by atoms with van der Waals surface area (Å²) >= 11 is 0. The minimum atomic E-state index is -0.857. The third kappa shape index (κ3) is 12.7. The van der Waals surface area contributed by atoms with Crippen LogP contribution in [0, 0.1) is 10.8 Å². The van der Waals surface area contributed by atoms with Gasteiger partial charge in [0.2, 0.25) is 11.8 Å². The fourth-order valence-corrected chi connectivity index (χ4v) is 3.91. The highest BCUT2D eigenvalue weighted by molar-refractivity contribution is 6.13. The molecule has 3 N–H and O–H groups in total.